The molecule has 8 heteroatoms. The number of anilines is 1. The number of hydrogen-bond acceptors (Lipinski definition) is 8. The van der Waals surface area contributed by atoms with E-state index in [4.69, 9.17) is 14.0 Å². The van der Waals surface area contributed by atoms with Gasteiger partial charge in [-0.2, -0.15) is 4.98 Å². The van der Waals surface area contributed by atoms with Crippen LogP contribution in [-0.2, 0) is 9.47 Å². The summed E-state index contributed by atoms with van der Waals surface area (Å²) in [5.41, 5.74) is 1.53. The van der Waals surface area contributed by atoms with Crippen molar-refractivity contribution in [2.75, 3.05) is 25.1 Å². The third kappa shape index (κ3) is 5.08. The Bertz CT molecular complexity index is 819. The second-order valence-electron chi connectivity index (χ2n) is 5.63. The molecule has 0 atom stereocenters. The predicted octanol–water partition coefficient (Wildman–Crippen LogP) is 3.39. The molecular formula is C19H23N5O3. The van der Waals surface area contributed by atoms with Gasteiger partial charge in [-0.1, -0.05) is 35.5 Å². The summed E-state index contributed by atoms with van der Waals surface area (Å²) in [6.07, 6.45) is 3.57. The summed E-state index contributed by atoms with van der Waals surface area (Å²) in [6.45, 7) is 5.72. The zero-order valence-corrected chi connectivity index (χ0v) is 15.5. The van der Waals surface area contributed by atoms with Gasteiger partial charge in [0, 0.05) is 37.9 Å². The highest BCUT2D eigenvalue weighted by Crippen LogP contribution is 2.26. The molecule has 0 aliphatic heterocycles. The van der Waals surface area contributed by atoms with Gasteiger partial charge >= 0.3 is 0 Å². The van der Waals surface area contributed by atoms with E-state index in [0.29, 0.717) is 49.3 Å². The summed E-state index contributed by atoms with van der Waals surface area (Å²) in [6, 6.07) is 9.65. The minimum Gasteiger partial charge on any atom is -0.369 e. The molecule has 0 bridgehead atoms. The van der Waals surface area contributed by atoms with Crippen LogP contribution in [0.15, 0.2) is 47.4 Å². The first-order valence-electron chi connectivity index (χ1n) is 8.98. The molecule has 0 aliphatic carbocycles. The summed E-state index contributed by atoms with van der Waals surface area (Å²) in [5, 5.41) is 7.32. The Morgan fingerprint density at radius 1 is 1.11 bits per heavy atom. The van der Waals surface area contributed by atoms with Crippen LogP contribution in [0.5, 0.6) is 0 Å². The van der Waals surface area contributed by atoms with Gasteiger partial charge in [0.1, 0.15) is 17.7 Å². The standard InChI is InChI=1S/C19H23N5O3/c1-3-25-16(26-4-2)10-11-21-18-15(12-20-13-22-18)19-23-17(24-27-19)14-8-6-5-7-9-14/h5-9,12-13,16H,3-4,10-11H2,1-2H3,(H,20,21,22). The Kier molecular flexibility index (Phi) is 6.84. The normalized spacial score (nSPS) is 11.1. The first-order chi connectivity index (χ1) is 13.3. The lowest BCUT2D eigenvalue weighted by Crippen LogP contribution is -2.21. The van der Waals surface area contributed by atoms with Crippen LogP contribution in [0.4, 0.5) is 5.82 Å². The van der Waals surface area contributed by atoms with Gasteiger partial charge in [-0.3, -0.25) is 0 Å². The average Bonchev–Trinajstić information content (AvgIpc) is 3.19. The second kappa shape index (κ2) is 9.75. The van der Waals surface area contributed by atoms with Crippen molar-refractivity contribution in [2.24, 2.45) is 0 Å². The molecule has 0 saturated heterocycles. The minimum atomic E-state index is -0.245. The van der Waals surface area contributed by atoms with Gasteiger partial charge in [0.05, 0.1) is 0 Å². The molecule has 3 rings (SSSR count). The smallest absolute Gasteiger partial charge is 0.263 e. The third-order valence-electron chi connectivity index (χ3n) is 3.78. The molecule has 0 aliphatic rings. The maximum atomic E-state index is 5.55. The molecule has 0 radical (unpaired) electrons. The zero-order valence-electron chi connectivity index (χ0n) is 15.5. The Labute approximate surface area is 158 Å². The van der Waals surface area contributed by atoms with Crippen LogP contribution in [0.25, 0.3) is 22.8 Å². The molecule has 142 valence electrons. The lowest BCUT2D eigenvalue weighted by Gasteiger charge is -2.17. The van der Waals surface area contributed by atoms with Gasteiger partial charge in [0.2, 0.25) is 5.82 Å². The number of nitrogens with one attached hydrogen (secondary N) is 1. The van der Waals surface area contributed by atoms with Crippen LogP contribution in [0.1, 0.15) is 20.3 Å². The summed E-state index contributed by atoms with van der Waals surface area (Å²) < 4.78 is 16.5. The van der Waals surface area contributed by atoms with E-state index in [2.05, 4.69) is 25.4 Å². The lowest BCUT2D eigenvalue weighted by atomic mass is 10.2. The molecular weight excluding hydrogens is 346 g/mol. The van der Waals surface area contributed by atoms with E-state index in [1.165, 1.54) is 6.33 Å². The maximum absolute atomic E-state index is 5.55. The largest absolute Gasteiger partial charge is 0.369 e. The summed E-state index contributed by atoms with van der Waals surface area (Å²) in [5.74, 6) is 1.51. The van der Waals surface area contributed by atoms with E-state index in [-0.39, 0.29) is 6.29 Å². The van der Waals surface area contributed by atoms with E-state index in [9.17, 15) is 0 Å². The topological polar surface area (TPSA) is 95.2 Å². The van der Waals surface area contributed by atoms with Crippen molar-refractivity contribution < 1.29 is 14.0 Å². The van der Waals surface area contributed by atoms with Gasteiger partial charge in [-0.15, -0.1) is 0 Å². The summed E-state index contributed by atoms with van der Waals surface area (Å²) in [4.78, 5) is 12.8. The van der Waals surface area contributed by atoms with Crippen LogP contribution in [0, 0.1) is 0 Å². The SMILES string of the molecule is CCOC(CCNc1ncncc1-c1nc(-c2ccccc2)no1)OCC. The Hall–Kier alpha value is -2.84. The number of rotatable bonds is 10. The van der Waals surface area contributed by atoms with Crippen molar-refractivity contribution in [2.45, 2.75) is 26.6 Å². The quantitative estimate of drug-likeness (QED) is 0.543. The first-order valence-corrected chi connectivity index (χ1v) is 8.98. The molecule has 0 unspecified atom stereocenters. The molecule has 27 heavy (non-hydrogen) atoms. The Morgan fingerprint density at radius 3 is 2.63 bits per heavy atom. The number of aromatic nitrogens is 4. The number of benzene rings is 1. The van der Waals surface area contributed by atoms with E-state index in [1.807, 2.05) is 44.2 Å². The van der Waals surface area contributed by atoms with Crippen LogP contribution >= 0.6 is 0 Å². The monoisotopic (exact) mass is 369 g/mol. The van der Waals surface area contributed by atoms with Crippen molar-refractivity contribution in [3.05, 3.63) is 42.9 Å². The average molecular weight is 369 g/mol. The fourth-order valence-electron chi connectivity index (χ4n) is 2.56. The van der Waals surface area contributed by atoms with Crippen LogP contribution in [-0.4, -0.2) is 46.2 Å². The molecule has 0 saturated carbocycles. The molecule has 2 heterocycles. The molecule has 8 nitrogen and oxygen atoms in total. The predicted molar refractivity (Wildman–Crippen MR) is 101 cm³/mol. The molecule has 1 aromatic carbocycles. The van der Waals surface area contributed by atoms with Crippen molar-refractivity contribution in [1.82, 2.24) is 20.1 Å². The fraction of sp³-hybridized carbons (Fsp3) is 0.368. The molecule has 0 spiro atoms. The number of nitrogens with zero attached hydrogens (tertiary/aromatic N) is 4. The summed E-state index contributed by atoms with van der Waals surface area (Å²) in [7, 11) is 0. The van der Waals surface area contributed by atoms with E-state index in [0.717, 1.165) is 5.56 Å². The van der Waals surface area contributed by atoms with Crippen molar-refractivity contribution in [1.29, 1.82) is 0 Å². The van der Waals surface area contributed by atoms with Gasteiger partial charge in [-0.05, 0) is 13.8 Å². The summed E-state index contributed by atoms with van der Waals surface area (Å²) >= 11 is 0. The highest BCUT2D eigenvalue weighted by molar-refractivity contribution is 5.69. The molecule has 3 aromatic rings. The van der Waals surface area contributed by atoms with Gasteiger partial charge in [-0.25, -0.2) is 9.97 Å². The van der Waals surface area contributed by atoms with Crippen molar-refractivity contribution >= 4 is 5.82 Å². The lowest BCUT2D eigenvalue weighted by molar-refractivity contribution is -0.137. The first kappa shape index (κ1) is 18.9. The molecule has 0 fully saturated rings. The minimum absolute atomic E-state index is 0.245. The number of ether oxygens (including phenoxy) is 2. The molecule has 1 N–H and O–H groups in total. The number of hydrogen-bond donors (Lipinski definition) is 1. The maximum Gasteiger partial charge on any atom is 0.263 e. The fourth-order valence-corrected chi connectivity index (χ4v) is 2.56. The Morgan fingerprint density at radius 2 is 1.89 bits per heavy atom. The van der Waals surface area contributed by atoms with E-state index < -0.39 is 0 Å². The van der Waals surface area contributed by atoms with Crippen LogP contribution in [0.2, 0.25) is 0 Å². The van der Waals surface area contributed by atoms with Crippen LogP contribution in [0.3, 0.4) is 0 Å². The highest BCUT2D eigenvalue weighted by Gasteiger charge is 2.16. The van der Waals surface area contributed by atoms with E-state index in [1.54, 1.807) is 6.20 Å². The van der Waals surface area contributed by atoms with Gasteiger partial charge in [0.25, 0.3) is 5.89 Å². The van der Waals surface area contributed by atoms with E-state index >= 15 is 0 Å². The van der Waals surface area contributed by atoms with Gasteiger partial charge < -0.3 is 19.3 Å². The molecule has 0 amide bonds. The Balaban J connectivity index is 1.70. The van der Waals surface area contributed by atoms with Crippen LogP contribution < -0.4 is 5.32 Å². The second-order valence-corrected chi connectivity index (χ2v) is 5.63. The zero-order chi connectivity index (χ0) is 18.9. The molecule has 2 aromatic heterocycles. The van der Waals surface area contributed by atoms with Crippen molar-refractivity contribution in [3.8, 4) is 22.8 Å². The van der Waals surface area contributed by atoms with Crippen molar-refractivity contribution in [3.63, 3.8) is 0 Å². The van der Waals surface area contributed by atoms with Gasteiger partial charge in [0.15, 0.2) is 6.29 Å². The highest BCUT2D eigenvalue weighted by atomic mass is 16.7. The third-order valence-corrected chi connectivity index (χ3v) is 3.78.